The molecule has 0 spiro atoms. The van der Waals surface area contributed by atoms with Crippen molar-refractivity contribution < 1.29 is 33.4 Å². The molecule has 3 heterocycles. The number of fused-ring (bicyclic) bond motifs is 1. The molecule has 1 saturated heterocycles. The lowest BCUT2D eigenvalue weighted by Crippen LogP contribution is -2.55. The van der Waals surface area contributed by atoms with Crippen LogP contribution >= 0.6 is 22.9 Å². The SMILES string of the molecule is CC1(C(=O)O)C(c2ccc(Cl)cc2)C(C(=O)c2cccs2)C(c2ccc3c(c2)OCO3)N1C(=O)Nc1ccc(F)cc1. The van der Waals surface area contributed by atoms with E-state index < -0.39 is 41.2 Å². The molecule has 4 unspecified atom stereocenters. The van der Waals surface area contributed by atoms with Crippen molar-refractivity contribution in [2.45, 2.75) is 24.4 Å². The van der Waals surface area contributed by atoms with Gasteiger partial charge < -0.3 is 19.9 Å². The molecular weight excluding hydrogens is 583 g/mol. The minimum Gasteiger partial charge on any atom is -0.479 e. The fourth-order valence-electron chi connectivity index (χ4n) is 5.95. The molecule has 2 aliphatic rings. The van der Waals surface area contributed by atoms with E-state index in [1.807, 2.05) is 0 Å². The maximum atomic E-state index is 14.4. The summed E-state index contributed by atoms with van der Waals surface area (Å²) in [6.45, 7) is 1.45. The van der Waals surface area contributed by atoms with Crippen LogP contribution in [0.1, 0.15) is 39.7 Å². The number of thiophene rings is 1. The number of carboxylic acid groups (broad SMARTS) is 1. The first-order chi connectivity index (χ1) is 20.2. The van der Waals surface area contributed by atoms with Crippen molar-refractivity contribution in [2.24, 2.45) is 5.92 Å². The summed E-state index contributed by atoms with van der Waals surface area (Å²) >= 11 is 7.42. The number of likely N-dealkylation sites (tertiary alicyclic amines) is 1. The van der Waals surface area contributed by atoms with E-state index in [0.29, 0.717) is 32.5 Å². The molecule has 1 aromatic heterocycles. The summed E-state index contributed by atoms with van der Waals surface area (Å²) < 4.78 is 24.7. The molecular formula is C31H24ClFN2O6S. The van der Waals surface area contributed by atoms with Crippen molar-refractivity contribution in [3.05, 3.63) is 111 Å². The molecule has 0 radical (unpaired) electrons. The number of hydrogen-bond acceptors (Lipinski definition) is 6. The van der Waals surface area contributed by atoms with E-state index in [0.717, 1.165) is 0 Å². The van der Waals surface area contributed by atoms with Gasteiger partial charge in [-0.05, 0) is 78.0 Å². The Morgan fingerprint density at radius 2 is 1.69 bits per heavy atom. The monoisotopic (exact) mass is 606 g/mol. The predicted molar refractivity (Wildman–Crippen MR) is 155 cm³/mol. The fourth-order valence-corrected chi connectivity index (χ4v) is 6.79. The van der Waals surface area contributed by atoms with Gasteiger partial charge in [-0.15, -0.1) is 11.3 Å². The second-order valence-corrected chi connectivity index (χ2v) is 11.6. The third kappa shape index (κ3) is 4.66. The van der Waals surface area contributed by atoms with E-state index in [-0.39, 0.29) is 18.3 Å². The number of carbonyl (C=O) groups excluding carboxylic acids is 2. The number of ketones is 1. The van der Waals surface area contributed by atoms with E-state index in [2.05, 4.69) is 5.32 Å². The smallest absolute Gasteiger partial charge is 0.330 e. The van der Waals surface area contributed by atoms with Gasteiger partial charge in [0.2, 0.25) is 6.79 Å². The molecule has 2 N–H and O–H groups in total. The first kappa shape index (κ1) is 27.7. The average molecular weight is 607 g/mol. The van der Waals surface area contributed by atoms with Crippen LogP contribution in [0.25, 0.3) is 0 Å². The lowest BCUT2D eigenvalue weighted by Gasteiger charge is -2.37. The first-order valence-corrected chi connectivity index (χ1v) is 14.3. The number of ether oxygens (including phenoxy) is 2. The Hall–Kier alpha value is -4.41. The number of nitrogens with zero attached hydrogens (tertiary/aromatic N) is 1. The van der Waals surface area contributed by atoms with Crippen LogP contribution in [0, 0.1) is 11.7 Å². The van der Waals surface area contributed by atoms with Crippen LogP contribution < -0.4 is 14.8 Å². The van der Waals surface area contributed by atoms with Crippen molar-refractivity contribution in [3.63, 3.8) is 0 Å². The zero-order valence-corrected chi connectivity index (χ0v) is 23.7. The van der Waals surface area contributed by atoms with Crippen molar-refractivity contribution in [2.75, 3.05) is 12.1 Å². The number of carboxylic acids is 1. The average Bonchev–Trinajstić information content (AvgIpc) is 3.73. The second-order valence-electron chi connectivity index (χ2n) is 10.2. The van der Waals surface area contributed by atoms with E-state index in [9.17, 15) is 23.9 Å². The van der Waals surface area contributed by atoms with E-state index in [1.54, 1.807) is 60.0 Å². The minimum absolute atomic E-state index is 0.00994. The van der Waals surface area contributed by atoms with Gasteiger partial charge in [0.05, 0.1) is 16.8 Å². The Morgan fingerprint density at radius 1 is 1.00 bits per heavy atom. The summed E-state index contributed by atoms with van der Waals surface area (Å²) in [5.41, 5.74) is -0.639. The molecule has 4 aromatic rings. The quantitative estimate of drug-likeness (QED) is 0.229. The summed E-state index contributed by atoms with van der Waals surface area (Å²) in [6, 6.07) is 18.4. The summed E-state index contributed by atoms with van der Waals surface area (Å²) in [7, 11) is 0. The number of benzene rings is 3. The number of carbonyl (C=O) groups is 3. The molecule has 0 bridgehead atoms. The van der Waals surface area contributed by atoms with Gasteiger partial charge in [0.1, 0.15) is 11.4 Å². The Kier molecular flexibility index (Phi) is 7.12. The van der Waals surface area contributed by atoms with Gasteiger partial charge in [-0.2, -0.15) is 0 Å². The summed E-state index contributed by atoms with van der Waals surface area (Å²) in [4.78, 5) is 43.6. The number of amides is 2. The molecule has 8 nitrogen and oxygen atoms in total. The Bertz CT molecular complexity index is 1660. The third-order valence-corrected chi connectivity index (χ3v) is 9.00. The molecule has 42 heavy (non-hydrogen) atoms. The summed E-state index contributed by atoms with van der Waals surface area (Å²) in [5, 5.41) is 15.8. The highest BCUT2D eigenvalue weighted by Gasteiger charge is 2.65. The molecule has 4 atom stereocenters. The van der Waals surface area contributed by atoms with E-state index in [1.165, 1.54) is 47.4 Å². The highest BCUT2D eigenvalue weighted by Crippen LogP contribution is 2.57. The van der Waals surface area contributed by atoms with Crippen molar-refractivity contribution in [1.82, 2.24) is 4.90 Å². The van der Waals surface area contributed by atoms with Gasteiger partial charge in [0.15, 0.2) is 17.3 Å². The Labute approximate surface area is 249 Å². The van der Waals surface area contributed by atoms with Crippen LogP contribution in [0.5, 0.6) is 11.5 Å². The van der Waals surface area contributed by atoms with Crippen LogP contribution in [0.15, 0.2) is 84.2 Å². The van der Waals surface area contributed by atoms with Gasteiger partial charge in [-0.3, -0.25) is 9.69 Å². The number of hydrogen-bond donors (Lipinski definition) is 2. The van der Waals surface area contributed by atoms with Crippen molar-refractivity contribution in [3.8, 4) is 11.5 Å². The topological polar surface area (TPSA) is 105 Å². The molecule has 214 valence electrons. The second kappa shape index (κ2) is 10.8. The molecule has 11 heteroatoms. The number of aliphatic carboxylic acids is 1. The standard InChI is InChI=1S/C31H24ClFN2O6S/c1-31(29(37)38)26(17-4-7-19(32)8-5-17)25(28(36)24-3-2-14-42-24)27(18-6-13-22-23(15-18)41-16-40-22)35(31)30(39)34-21-11-9-20(33)10-12-21/h2-15,25-27H,16H2,1H3,(H,34,39)(H,37,38). The largest absolute Gasteiger partial charge is 0.479 e. The van der Waals surface area contributed by atoms with Gasteiger partial charge in [-0.25, -0.2) is 14.0 Å². The number of urea groups is 1. The number of halogens is 2. The Balaban J connectivity index is 1.58. The third-order valence-electron chi connectivity index (χ3n) is 7.86. The zero-order chi connectivity index (χ0) is 29.6. The lowest BCUT2D eigenvalue weighted by molar-refractivity contribution is -0.148. The van der Waals surface area contributed by atoms with Gasteiger partial charge in [0, 0.05) is 16.6 Å². The van der Waals surface area contributed by atoms with Crippen LogP contribution in [-0.4, -0.2) is 40.1 Å². The number of rotatable bonds is 6. The maximum Gasteiger partial charge on any atom is 0.330 e. The lowest BCUT2D eigenvalue weighted by atomic mass is 9.72. The van der Waals surface area contributed by atoms with Crippen LogP contribution in [0.3, 0.4) is 0 Å². The van der Waals surface area contributed by atoms with Crippen LogP contribution in [0.2, 0.25) is 5.02 Å². The molecule has 2 amide bonds. The maximum absolute atomic E-state index is 14.4. The summed E-state index contributed by atoms with van der Waals surface area (Å²) in [6.07, 6.45) is 0. The molecule has 3 aromatic carbocycles. The van der Waals surface area contributed by atoms with Crippen LogP contribution in [0.4, 0.5) is 14.9 Å². The van der Waals surface area contributed by atoms with E-state index in [4.69, 9.17) is 21.1 Å². The Morgan fingerprint density at radius 3 is 2.36 bits per heavy atom. The van der Waals surface area contributed by atoms with Crippen molar-refractivity contribution in [1.29, 1.82) is 0 Å². The fraction of sp³-hybridized carbons (Fsp3) is 0.194. The minimum atomic E-state index is -1.92. The highest BCUT2D eigenvalue weighted by molar-refractivity contribution is 7.12. The predicted octanol–water partition coefficient (Wildman–Crippen LogP) is 6.98. The number of nitrogens with one attached hydrogen (secondary N) is 1. The molecule has 1 fully saturated rings. The van der Waals surface area contributed by atoms with Crippen LogP contribution in [-0.2, 0) is 4.79 Å². The zero-order valence-electron chi connectivity index (χ0n) is 22.1. The van der Waals surface area contributed by atoms with Gasteiger partial charge in [0.25, 0.3) is 0 Å². The molecule has 6 rings (SSSR count). The number of Topliss-reactive ketones (excluding diaryl/α,β-unsaturated/α-hetero) is 1. The van der Waals surface area contributed by atoms with E-state index >= 15 is 0 Å². The molecule has 2 aliphatic heterocycles. The van der Waals surface area contributed by atoms with Gasteiger partial charge in [-0.1, -0.05) is 35.9 Å². The highest BCUT2D eigenvalue weighted by atomic mass is 35.5. The van der Waals surface area contributed by atoms with Crippen molar-refractivity contribution >= 4 is 46.4 Å². The molecule has 0 aliphatic carbocycles. The summed E-state index contributed by atoms with van der Waals surface area (Å²) in [5.74, 6) is -3.20. The normalized spacial score (nSPS) is 22.6. The van der Waals surface area contributed by atoms with Gasteiger partial charge >= 0.3 is 12.0 Å². The molecule has 0 saturated carbocycles. The first-order valence-electron chi connectivity index (χ1n) is 13.0. The number of anilines is 1.